The normalized spacial score (nSPS) is 13.7. The molecule has 0 bridgehead atoms. The third-order valence-electron chi connectivity index (χ3n) is 2.74. The van der Waals surface area contributed by atoms with E-state index in [0.717, 1.165) is 5.56 Å². The van der Waals surface area contributed by atoms with Crippen LogP contribution in [0, 0.1) is 0 Å². The SMILES string of the molecule is NC(=O)C(Br)(OCc1ccccc1)c1ccccc1. The van der Waals surface area contributed by atoms with Gasteiger partial charge in [-0.25, -0.2) is 0 Å². The number of benzene rings is 2. The molecule has 1 amide bonds. The molecule has 0 aliphatic heterocycles. The molecule has 1 unspecified atom stereocenters. The molecule has 2 aromatic carbocycles. The lowest BCUT2D eigenvalue weighted by atomic mass is 10.1. The highest BCUT2D eigenvalue weighted by molar-refractivity contribution is 9.10. The number of carbonyl (C=O) groups is 1. The molecule has 2 aromatic rings. The lowest BCUT2D eigenvalue weighted by Crippen LogP contribution is -2.38. The molecule has 2 rings (SSSR count). The summed E-state index contributed by atoms with van der Waals surface area (Å²) in [6, 6.07) is 18.8. The van der Waals surface area contributed by atoms with Gasteiger partial charge < -0.3 is 10.5 Å². The monoisotopic (exact) mass is 319 g/mol. The molecule has 1 atom stereocenters. The maximum Gasteiger partial charge on any atom is 0.265 e. The van der Waals surface area contributed by atoms with Gasteiger partial charge in [0.25, 0.3) is 5.91 Å². The van der Waals surface area contributed by atoms with Gasteiger partial charge in [-0.1, -0.05) is 60.7 Å². The summed E-state index contributed by atoms with van der Waals surface area (Å²) in [4.78, 5) is 11.7. The van der Waals surface area contributed by atoms with Crippen molar-refractivity contribution < 1.29 is 9.53 Å². The van der Waals surface area contributed by atoms with Crippen LogP contribution in [-0.2, 0) is 20.6 Å². The summed E-state index contributed by atoms with van der Waals surface area (Å²) in [6.45, 7) is 0.296. The van der Waals surface area contributed by atoms with Crippen molar-refractivity contribution in [1.82, 2.24) is 0 Å². The van der Waals surface area contributed by atoms with Crippen molar-refractivity contribution >= 4 is 21.8 Å². The fourth-order valence-corrected chi connectivity index (χ4v) is 2.09. The van der Waals surface area contributed by atoms with Crippen LogP contribution < -0.4 is 5.73 Å². The Labute approximate surface area is 120 Å². The highest BCUT2D eigenvalue weighted by atomic mass is 79.9. The van der Waals surface area contributed by atoms with E-state index in [4.69, 9.17) is 10.5 Å². The van der Waals surface area contributed by atoms with Crippen molar-refractivity contribution in [3.63, 3.8) is 0 Å². The molecule has 0 aliphatic carbocycles. The second kappa shape index (κ2) is 5.99. The minimum atomic E-state index is -1.30. The predicted octanol–water partition coefficient (Wildman–Crippen LogP) is 2.94. The van der Waals surface area contributed by atoms with E-state index in [-0.39, 0.29) is 0 Å². The second-order valence-corrected chi connectivity index (χ2v) is 5.22. The zero-order valence-corrected chi connectivity index (χ0v) is 11.8. The van der Waals surface area contributed by atoms with Gasteiger partial charge in [-0.05, 0) is 21.5 Å². The zero-order valence-electron chi connectivity index (χ0n) is 10.3. The first-order valence-corrected chi connectivity index (χ1v) is 6.64. The molecule has 0 aromatic heterocycles. The first-order valence-electron chi connectivity index (χ1n) is 5.85. The molecule has 4 heteroatoms. The predicted molar refractivity (Wildman–Crippen MR) is 77.5 cm³/mol. The molecule has 0 heterocycles. The summed E-state index contributed by atoms with van der Waals surface area (Å²) in [7, 11) is 0. The number of halogens is 1. The minimum Gasteiger partial charge on any atom is -0.366 e. The lowest BCUT2D eigenvalue weighted by Gasteiger charge is -2.25. The Bertz CT molecular complexity index is 545. The van der Waals surface area contributed by atoms with Crippen LogP contribution in [0.5, 0.6) is 0 Å². The molecule has 2 N–H and O–H groups in total. The molecule has 19 heavy (non-hydrogen) atoms. The summed E-state index contributed by atoms with van der Waals surface area (Å²) in [5.41, 5.74) is 7.11. The number of alkyl halides is 1. The number of primary amides is 1. The maximum atomic E-state index is 11.7. The maximum absolute atomic E-state index is 11.7. The van der Waals surface area contributed by atoms with Gasteiger partial charge in [0, 0.05) is 5.56 Å². The van der Waals surface area contributed by atoms with Crippen molar-refractivity contribution in [3.05, 3.63) is 71.8 Å². The Kier molecular flexibility index (Phi) is 4.35. The molecule has 3 nitrogen and oxygen atoms in total. The number of ether oxygens (including phenoxy) is 1. The standard InChI is InChI=1S/C15H14BrNO2/c16-15(14(17)18,13-9-5-2-6-10-13)19-11-12-7-3-1-4-8-12/h1-10H,11H2,(H2,17,18). The molecule has 0 spiro atoms. The van der Waals surface area contributed by atoms with E-state index in [9.17, 15) is 4.79 Å². The lowest BCUT2D eigenvalue weighted by molar-refractivity contribution is -0.133. The van der Waals surface area contributed by atoms with E-state index < -0.39 is 10.4 Å². The topological polar surface area (TPSA) is 52.3 Å². The van der Waals surface area contributed by atoms with E-state index in [1.165, 1.54) is 0 Å². The molecule has 98 valence electrons. The van der Waals surface area contributed by atoms with Crippen LogP contribution in [0.4, 0.5) is 0 Å². The molecular formula is C15H14BrNO2. The van der Waals surface area contributed by atoms with Crippen LogP contribution in [-0.4, -0.2) is 5.91 Å². The molecular weight excluding hydrogens is 306 g/mol. The van der Waals surface area contributed by atoms with Gasteiger partial charge in [0.1, 0.15) is 0 Å². The van der Waals surface area contributed by atoms with Crippen LogP contribution >= 0.6 is 15.9 Å². The number of amides is 1. The van der Waals surface area contributed by atoms with Gasteiger partial charge in [0.05, 0.1) is 6.61 Å². The molecule has 0 saturated heterocycles. The second-order valence-electron chi connectivity index (χ2n) is 4.10. The summed E-state index contributed by atoms with van der Waals surface area (Å²) < 4.78 is 4.40. The van der Waals surface area contributed by atoms with E-state index in [2.05, 4.69) is 15.9 Å². The highest BCUT2D eigenvalue weighted by Gasteiger charge is 2.36. The van der Waals surface area contributed by atoms with E-state index in [0.29, 0.717) is 12.2 Å². The molecule has 0 fully saturated rings. The van der Waals surface area contributed by atoms with Gasteiger partial charge in [0.2, 0.25) is 4.51 Å². The van der Waals surface area contributed by atoms with Gasteiger partial charge >= 0.3 is 0 Å². The number of rotatable bonds is 5. The molecule has 0 saturated carbocycles. The average molecular weight is 320 g/mol. The fraction of sp³-hybridized carbons (Fsp3) is 0.133. The summed E-state index contributed by atoms with van der Waals surface area (Å²) in [5.74, 6) is -0.574. The average Bonchev–Trinajstić information content (AvgIpc) is 2.46. The van der Waals surface area contributed by atoms with Crippen molar-refractivity contribution in [1.29, 1.82) is 0 Å². The van der Waals surface area contributed by atoms with Crippen LogP contribution in [0.3, 0.4) is 0 Å². The van der Waals surface area contributed by atoms with Crippen LogP contribution in [0.25, 0.3) is 0 Å². The van der Waals surface area contributed by atoms with Crippen LogP contribution in [0.2, 0.25) is 0 Å². The van der Waals surface area contributed by atoms with Crippen LogP contribution in [0.1, 0.15) is 11.1 Å². The third-order valence-corrected chi connectivity index (χ3v) is 3.82. The number of hydrogen-bond acceptors (Lipinski definition) is 2. The Morgan fingerprint density at radius 1 is 1.05 bits per heavy atom. The number of carbonyl (C=O) groups excluding carboxylic acids is 1. The minimum absolute atomic E-state index is 0.296. The van der Waals surface area contributed by atoms with Gasteiger partial charge in [-0.15, -0.1) is 0 Å². The highest BCUT2D eigenvalue weighted by Crippen LogP contribution is 2.33. The Morgan fingerprint density at radius 3 is 2.11 bits per heavy atom. The van der Waals surface area contributed by atoms with E-state index >= 15 is 0 Å². The smallest absolute Gasteiger partial charge is 0.265 e. The van der Waals surface area contributed by atoms with Crippen LogP contribution in [0.15, 0.2) is 60.7 Å². The molecule has 0 radical (unpaired) electrons. The zero-order chi connectivity index (χ0) is 13.7. The summed E-state index contributed by atoms with van der Waals surface area (Å²) in [6.07, 6.45) is 0. The number of nitrogens with two attached hydrogens (primary N) is 1. The van der Waals surface area contributed by atoms with Crippen molar-refractivity contribution in [2.24, 2.45) is 5.73 Å². The van der Waals surface area contributed by atoms with Crippen molar-refractivity contribution in [2.75, 3.05) is 0 Å². The van der Waals surface area contributed by atoms with E-state index in [1.807, 2.05) is 48.5 Å². The van der Waals surface area contributed by atoms with Crippen molar-refractivity contribution in [3.8, 4) is 0 Å². The number of hydrogen-bond donors (Lipinski definition) is 1. The fourth-order valence-electron chi connectivity index (χ4n) is 1.71. The van der Waals surface area contributed by atoms with Gasteiger partial charge in [0.15, 0.2) is 0 Å². The first kappa shape index (κ1) is 13.8. The van der Waals surface area contributed by atoms with Gasteiger partial charge in [-0.3, -0.25) is 4.79 Å². The summed E-state index contributed by atoms with van der Waals surface area (Å²) in [5, 5.41) is 0. The Hall–Kier alpha value is -1.65. The first-order chi connectivity index (χ1) is 9.13. The van der Waals surface area contributed by atoms with E-state index in [1.54, 1.807) is 12.1 Å². The van der Waals surface area contributed by atoms with Gasteiger partial charge in [-0.2, -0.15) is 0 Å². The summed E-state index contributed by atoms with van der Waals surface area (Å²) >= 11 is 3.32. The van der Waals surface area contributed by atoms with Crippen molar-refractivity contribution in [2.45, 2.75) is 11.1 Å². The Morgan fingerprint density at radius 2 is 1.58 bits per heavy atom. The molecule has 0 aliphatic rings. The quantitative estimate of drug-likeness (QED) is 0.861. The third kappa shape index (κ3) is 3.22. The Balaban J connectivity index is 2.19. The largest absolute Gasteiger partial charge is 0.366 e.